The molecule has 0 radical (unpaired) electrons. The summed E-state index contributed by atoms with van der Waals surface area (Å²) in [6.45, 7) is 0.00293. The van der Waals surface area contributed by atoms with Gasteiger partial charge in [0, 0.05) is 10.5 Å². The Balaban J connectivity index is 1.62. The Labute approximate surface area is 150 Å². The maximum atomic E-state index is 12.1. The lowest BCUT2D eigenvalue weighted by Gasteiger charge is -2.08. The van der Waals surface area contributed by atoms with E-state index in [9.17, 15) is 14.9 Å². The van der Waals surface area contributed by atoms with Gasteiger partial charge in [0.05, 0.1) is 11.0 Å². The highest BCUT2D eigenvalue weighted by Gasteiger charge is 2.28. The molecule has 1 aliphatic rings. The molecule has 0 unspecified atom stereocenters. The van der Waals surface area contributed by atoms with E-state index in [4.69, 9.17) is 18.9 Å². The van der Waals surface area contributed by atoms with Crippen LogP contribution >= 0.6 is 15.9 Å². The van der Waals surface area contributed by atoms with Crippen LogP contribution in [-0.4, -0.2) is 30.9 Å². The molecule has 8 nitrogen and oxygen atoms in total. The number of carbonyl (C=O) groups excluding carboxylic acids is 1. The van der Waals surface area contributed by atoms with Crippen LogP contribution in [0.3, 0.4) is 0 Å². The average Bonchev–Trinajstić information content (AvgIpc) is 3.05. The SMILES string of the molecule is O=C(OCCOc1cccc(Br)c1)c1cc2c(cc1[N+](=O)[O-])OCO2. The number of esters is 1. The Morgan fingerprint density at radius 2 is 1.96 bits per heavy atom. The zero-order valence-corrected chi connectivity index (χ0v) is 14.4. The van der Waals surface area contributed by atoms with Gasteiger partial charge in [-0.05, 0) is 18.2 Å². The average molecular weight is 410 g/mol. The fraction of sp³-hybridized carbons (Fsp3) is 0.188. The summed E-state index contributed by atoms with van der Waals surface area (Å²) >= 11 is 3.32. The molecule has 0 amide bonds. The van der Waals surface area contributed by atoms with E-state index in [2.05, 4.69) is 15.9 Å². The molecular weight excluding hydrogens is 398 g/mol. The first-order valence-corrected chi connectivity index (χ1v) is 7.97. The van der Waals surface area contributed by atoms with Crippen molar-refractivity contribution in [3.05, 3.63) is 56.5 Å². The highest BCUT2D eigenvalue weighted by Crippen LogP contribution is 2.38. The first kappa shape index (κ1) is 17.0. The van der Waals surface area contributed by atoms with Crippen LogP contribution in [0.2, 0.25) is 0 Å². The van der Waals surface area contributed by atoms with Gasteiger partial charge in [0.1, 0.15) is 24.5 Å². The van der Waals surface area contributed by atoms with Crippen molar-refractivity contribution in [2.45, 2.75) is 0 Å². The summed E-state index contributed by atoms with van der Waals surface area (Å²) in [6.07, 6.45) is 0. The molecule has 0 fully saturated rings. The van der Waals surface area contributed by atoms with Gasteiger partial charge in [-0.1, -0.05) is 22.0 Å². The summed E-state index contributed by atoms with van der Waals surface area (Å²) in [5, 5.41) is 11.1. The number of hydrogen-bond donors (Lipinski definition) is 0. The molecule has 3 rings (SSSR count). The Kier molecular flexibility index (Phi) is 5.03. The quantitative estimate of drug-likeness (QED) is 0.312. The molecule has 0 aromatic heterocycles. The van der Waals surface area contributed by atoms with Gasteiger partial charge in [0.15, 0.2) is 11.5 Å². The molecule has 130 valence electrons. The number of benzene rings is 2. The summed E-state index contributed by atoms with van der Waals surface area (Å²) < 4.78 is 21.6. The van der Waals surface area contributed by atoms with Gasteiger partial charge in [-0.15, -0.1) is 0 Å². The van der Waals surface area contributed by atoms with Gasteiger partial charge in [-0.2, -0.15) is 0 Å². The third kappa shape index (κ3) is 4.00. The number of fused-ring (bicyclic) bond motifs is 1. The molecule has 0 saturated carbocycles. The maximum Gasteiger partial charge on any atom is 0.345 e. The summed E-state index contributed by atoms with van der Waals surface area (Å²) in [5.41, 5.74) is -0.598. The number of nitro groups is 1. The predicted molar refractivity (Wildman–Crippen MR) is 89.1 cm³/mol. The second-order valence-electron chi connectivity index (χ2n) is 4.92. The summed E-state index contributed by atoms with van der Waals surface area (Å²) in [7, 11) is 0. The van der Waals surface area contributed by atoms with Crippen LogP contribution in [-0.2, 0) is 4.74 Å². The molecule has 2 aromatic carbocycles. The van der Waals surface area contributed by atoms with E-state index >= 15 is 0 Å². The molecule has 1 heterocycles. The molecule has 0 spiro atoms. The lowest BCUT2D eigenvalue weighted by molar-refractivity contribution is -0.385. The normalized spacial score (nSPS) is 11.9. The van der Waals surface area contributed by atoms with E-state index in [-0.39, 0.29) is 37.1 Å². The third-order valence-electron chi connectivity index (χ3n) is 3.29. The highest BCUT2D eigenvalue weighted by molar-refractivity contribution is 9.10. The van der Waals surface area contributed by atoms with E-state index in [1.54, 1.807) is 18.2 Å². The number of ether oxygens (including phenoxy) is 4. The lowest BCUT2D eigenvalue weighted by Crippen LogP contribution is -2.13. The molecule has 25 heavy (non-hydrogen) atoms. The van der Waals surface area contributed by atoms with Crippen LogP contribution in [0.4, 0.5) is 5.69 Å². The highest BCUT2D eigenvalue weighted by atomic mass is 79.9. The van der Waals surface area contributed by atoms with Gasteiger partial charge in [-0.25, -0.2) is 4.79 Å². The zero-order chi connectivity index (χ0) is 17.8. The van der Waals surface area contributed by atoms with Crippen molar-refractivity contribution in [3.63, 3.8) is 0 Å². The molecular formula is C16H12BrNO7. The third-order valence-corrected chi connectivity index (χ3v) is 3.78. The molecule has 9 heteroatoms. The number of rotatable bonds is 6. The summed E-state index contributed by atoms with van der Waals surface area (Å²) in [6, 6.07) is 9.59. The van der Waals surface area contributed by atoms with Gasteiger partial charge >= 0.3 is 5.97 Å². The topological polar surface area (TPSA) is 97.1 Å². The summed E-state index contributed by atoms with van der Waals surface area (Å²) in [5.74, 6) is 0.270. The van der Waals surface area contributed by atoms with Crippen LogP contribution < -0.4 is 14.2 Å². The van der Waals surface area contributed by atoms with Crippen LogP contribution in [0, 0.1) is 10.1 Å². The molecule has 2 aromatic rings. The smallest absolute Gasteiger partial charge is 0.345 e. The minimum absolute atomic E-state index is 0.0501. The molecule has 1 aliphatic heterocycles. The molecule has 0 saturated heterocycles. The van der Waals surface area contributed by atoms with Crippen molar-refractivity contribution >= 4 is 27.6 Å². The molecule has 0 N–H and O–H groups in total. The molecule has 0 atom stereocenters. The van der Waals surface area contributed by atoms with Crippen LogP contribution in [0.15, 0.2) is 40.9 Å². The fourth-order valence-corrected chi connectivity index (χ4v) is 2.55. The number of nitro benzene ring substituents is 1. The Hall–Kier alpha value is -2.81. The number of carbonyl (C=O) groups is 1. The van der Waals surface area contributed by atoms with Crippen molar-refractivity contribution in [2.24, 2.45) is 0 Å². The summed E-state index contributed by atoms with van der Waals surface area (Å²) in [4.78, 5) is 22.6. The first-order valence-electron chi connectivity index (χ1n) is 7.18. The standard InChI is InChI=1S/C16H12BrNO7/c17-10-2-1-3-11(6-10)22-4-5-23-16(19)12-7-14-15(25-9-24-14)8-13(12)18(20)21/h1-3,6-8H,4-5,9H2. The number of nitrogens with zero attached hydrogens (tertiary/aromatic N) is 1. The Bertz CT molecular complexity index is 824. The zero-order valence-electron chi connectivity index (χ0n) is 12.8. The van der Waals surface area contributed by atoms with Crippen molar-refractivity contribution in [3.8, 4) is 17.2 Å². The Morgan fingerprint density at radius 3 is 2.68 bits per heavy atom. The minimum Gasteiger partial charge on any atom is -0.490 e. The van der Waals surface area contributed by atoms with Gasteiger partial charge in [-0.3, -0.25) is 10.1 Å². The predicted octanol–water partition coefficient (Wildman–Crippen LogP) is 3.32. The monoisotopic (exact) mass is 409 g/mol. The second kappa shape index (κ2) is 7.39. The van der Waals surface area contributed by atoms with Crippen molar-refractivity contribution < 1.29 is 28.7 Å². The van der Waals surface area contributed by atoms with E-state index in [0.29, 0.717) is 5.75 Å². The Morgan fingerprint density at radius 1 is 1.20 bits per heavy atom. The van der Waals surface area contributed by atoms with Crippen molar-refractivity contribution in [2.75, 3.05) is 20.0 Å². The van der Waals surface area contributed by atoms with Crippen LogP contribution in [0.25, 0.3) is 0 Å². The van der Waals surface area contributed by atoms with Gasteiger partial charge < -0.3 is 18.9 Å². The second-order valence-corrected chi connectivity index (χ2v) is 5.84. The van der Waals surface area contributed by atoms with Crippen LogP contribution in [0.5, 0.6) is 17.2 Å². The van der Waals surface area contributed by atoms with Crippen molar-refractivity contribution in [1.29, 1.82) is 0 Å². The first-order chi connectivity index (χ1) is 12.0. The van der Waals surface area contributed by atoms with E-state index in [1.807, 2.05) is 6.07 Å². The fourth-order valence-electron chi connectivity index (χ4n) is 2.17. The largest absolute Gasteiger partial charge is 0.490 e. The van der Waals surface area contributed by atoms with E-state index < -0.39 is 16.6 Å². The van der Waals surface area contributed by atoms with Crippen LogP contribution in [0.1, 0.15) is 10.4 Å². The maximum absolute atomic E-state index is 12.1. The molecule has 0 bridgehead atoms. The van der Waals surface area contributed by atoms with E-state index in [0.717, 1.165) is 10.5 Å². The van der Waals surface area contributed by atoms with Gasteiger partial charge in [0.2, 0.25) is 6.79 Å². The van der Waals surface area contributed by atoms with E-state index in [1.165, 1.54) is 6.07 Å². The van der Waals surface area contributed by atoms with Gasteiger partial charge in [0.25, 0.3) is 5.69 Å². The lowest BCUT2D eigenvalue weighted by atomic mass is 10.1. The number of hydrogen-bond acceptors (Lipinski definition) is 7. The minimum atomic E-state index is -0.831. The molecule has 0 aliphatic carbocycles. The number of halogens is 1. The van der Waals surface area contributed by atoms with Crippen molar-refractivity contribution in [1.82, 2.24) is 0 Å².